The van der Waals surface area contributed by atoms with E-state index in [1.165, 1.54) is 0 Å². The fraction of sp³-hybridized carbons (Fsp3) is 0.409. The van der Waals surface area contributed by atoms with Crippen LogP contribution in [0.2, 0.25) is 10.0 Å². The molecule has 7 heteroatoms. The molecule has 29 heavy (non-hydrogen) atoms. The van der Waals surface area contributed by atoms with Crippen molar-refractivity contribution in [2.75, 3.05) is 38.3 Å². The first-order chi connectivity index (χ1) is 14.0. The predicted molar refractivity (Wildman–Crippen MR) is 117 cm³/mol. The Morgan fingerprint density at radius 1 is 1.21 bits per heavy atom. The summed E-state index contributed by atoms with van der Waals surface area (Å²) in [6, 6.07) is 11.4. The molecule has 1 amide bonds. The number of amides is 1. The van der Waals surface area contributed by atoms with E-state index < -0.39 is 0 Å². The number of rotatable bonds is 8. The van der Waals surface area contributed by atoms with Crippen molar-refractivity contribution in [3.05, 3.63) is 57.6 Å². The summed E-state index contributed by atoms with van der Waals surface area (Å²) in [6.07, 6.45) is 2.46. The lowest BCUT2D eigenvalue weighted by Gasteiger charge is -2.32. The molecule has 0 unspecified atom stereocenters. The first-order valence-electron chi connectivity index (χ1n) is 9.76. The van der Waals surface area contributed by atoms with Crippen LogP contribution in [-0.2, 0) is 17.8 Å². The van der Waals surface area contributed by atoms with E-state index in [9.17, 15) is 9.90 Å². The Kier molecular flexibility index (Phi) is 7.78. The molecule has 0 aliphatic carbocycles. The Bertz CT molecular complexity index is 860. The molecule has 0 atom stereocenters. The SMILES string of the molecule is COc1ccc2c(c1)CCCN2C(=O)CN(CCCO)Cc1ccc(Cl)c(Cl)c1. The molecule has 0 fully saturated rings. The smallest absolute Gasteiger partial charge is 0.241 e. The summed E-state index contributed by atoms with van der Waals surface area (Å²) in [5.41, 5.74) is 3.07. The van der Waals surface area contributed by atoms with Crippen LogP contribution in [0.25, 0.3) is 0 Å². The molecule has 0 saturated carbocycles. The number of aliphatic hydroxyl groups is 1. The Hall–Kier alpha value is -1.79. The zero-order valence-electron chi connectivity index (χ0n) is 16.5. The third-order valence-corrected chi connectivity index (χ3v) is 5.83. The number of aliphatic hydroxyl groups excluding tert-OH is 1. The van der Waals surface area contributed by atoms with Crippen molar-refractivity contribution >= 4 is 34.8 Å². The highest BCUT2D eigenvalue weighted by atomic mass is 35.5. The van der Waals surface area contributed by atoms with Crippen molar-refractivity contribution < 1.29 is 14.6 Å². The molecule has 3 rings (SSSR count). The molecular formula is C22H26Cl2N2O3. The van der Waals surface area contributed by atoms with Gasteiger partial charge in [0.15, 0.2) is 0 Å². The third-order valence-electron chi connectivity index (χ3n) is 5.09. The first-order valence-corrected chi connectivity index (χ1v) is 10.5. The van der Waals surface area contributed by atoms with Crippen molar-refractivity contribution in [3.63, 3.8) is 0 Å². The van der Waals surface area contributed by atoms with Gasteiger partial charge < -0.3 is 14.7 Å². The Morgan fingerprint density at radius 2 is 2.03 bits per heavy atom. The number of carbonyl (C=O) groups is 1. The molecule has 1 heterocycles. The average Bonchev–Trinajstić information content (AvgIpc) is 2.73. The fourth-order valence-corrected chi connectivity index (χ4v) is 3.96. The lowest BCUT2D eigenvalue weighted by Crippen LogP contribution is -2.43. The number of anilines is 1. The van der Waals surface area contributed by atoms with Crippen molar-refractivity contribution in [2.24, 2.45) is 0 Å². The minimum atomic E-state index is 0.0501. The van der Waals surface area contributed by atoms with Crippen molar-refractivity contribution in [1.82, 2.24) is 4.90 Å². The van der Waals surface area contributed by atoms with Crippen LogP contribution in [0.5, 0.6) is 5.75 Å². The van der Waals surface area contributed by atoms with Gasteiger partial charge in [0.05, 0.1) is 23.7 Å². The van der Waals surface area contributed by atoms with E-state index in [1.54, 1.807) is 13.2 Å². The summed E-state index contributed by atoms with van der Waals surface area (Å²) in [5, 5.41) is 10.3. The van der Waals surface area contributed by atoms with E-state index >= 15 is 0 Å². The van der Waals surface area contributed by atoms with E-state index in [0.717, 1.165) is 35.4 Å². The van der Waals surface area contributed by atoms with Crippen molar-refractivity contribution in [3.8, 4) is 5.75 Å². The Morgan fingerprint density at radius 3 is 2.76 bits per heavy atom. The van der Waals surface area contributed by atoms with Gasteiger partial charge in [-0.25, -0.2) is 0 Å². The molecule has 0 radical (unpaired) electrons. The van der Waals surface area contributed by atoms with Crippen LogP contribution in [-0.4, -0.2) is 49.3 Å². The minimum absolute atomic E-state index is 0.0501. The summed E-state index contributed by atoms with van der Waals surface area (Å²) in [6.45, 7) is 2.24. The number of methoxy groups -OCH3 is 1. The second-order valence-electron chi connectivity index (χ2n) is 7.18. The Balaban J connectivity index is 1.74. The monoisotopic (exact) mass is 436 g/mol. The Labute approximate surface area is 181 Å². The molecule has 2 aromatic carbocycles. The molecule has 1 aliphatic rings. The normalized spacial score (nSPS) is 13.5. The summed E-state index contributed by atoms with van der Waals surface area (Å²) < 4.78 is 5.31. The second-order valence-corrected chi connectivity index (χ2v) is 7.99. The van der Waals surface area contributed by atoms with Crippen LogP contribution in [0.4, 0.5) is 5.69 Å². The van der Waals surface area contributed by atoms with Gasteiger partial charge in [-0.15, -0.1) is 0 Å². The summed E-state index contributed by atoms with van der Waals surface area (Å²) in [7, 11) is 1.65. The second kappa shape index (κ2) is 10.3. The van der Waals surface area contributed by atoms with Crippen LogP contribution in [0.15, 0.2) is 36.4 Å². The van der Waals surface area contributed by atoms with Gasteiger partial charge in [0.2, 0.25) is 5.91 Å². The lowest BCUT2D eigenvalue weighted by molar-refractivity contribution is -0.120. The zero-order chi connectivity index (χ0) is 20.8. The van der Waals surface area contributed by atoms with Crippen LogP contribution in [0.1, 0.15) is 24.0 Å². The van der Waals surface area contributed by atoms with Crippen LogP contribution in [0, 0.1) is 0 Å². The predicted octanol–water partition coefficient (Wildman–Crippen LogP) is 4.17. The van der Waals surface area contributed by atoms with Crippen LogP contribution in [0.3, 0.4) is 0 Å². The summed E-state index contributed by atoms with van der Waals surface area (Å²) in [5.74, 6) is 0.858. The van der Waals surface area contributed by atoms with Crippen LogP contribution >= 0.6 is 23.2 Å². The topological polar surface area (TPSA) is 53.0 Å². The summed E-state index contributed by atoms with van der Waals surface area (Å²) in [4.78, 5) is 17.0. The molecular weight excluding hydrogens is 411 g/mol. The third kappa shape index (κ3) is 5.64. The van der Waals surface area contributed by atoms with E-state index in [0.29, 0.717) is 36.1 Å². The van der Waals surface area contributed by atoms with Gasteiger partial charge >= 0.3 is 0 Å². The standard InChI is InChI=1S/C22H26Cl2N2O3/c1-29-18-6-8-21-17(13-18)4-2-10-26(21)22(28)15-25(9-3-11-27)14-16-5-7-19(23)20(24)12-16/h5-8,12-13,27H,2-4,9-11,14-15H2,1H3. The number of nitrogens with zero attached hydrogens (tertiary/aromatic N) is 2. The number of halogens is 2. The van der Waals surface area contributed by atoms with Gasteiger partial charge in [0.25, 0.3) is 0 Å². The number of benzene rings is 2. The molecule has 0 saturated heterocycles. The average molecular weight is 437 g/mol. The van der Waals surface area contributed by atoms with E-state index in [4.69, 9.17) is 27.9 Å². The van der Waals surface area contributed by atoms with Gasteiger partial charge in [-0.05, 0) is 60.7 Å². The van der Waals surface area contributed by atoms with Gasteiger partial charge in [0.1, 0.15) is 5.75 Å². The highest BCUT2D eigenvalue weighted by Crippen LogP contribution is 2.31. The van der Waals surface area contributed by atoms with Gasteiger partial charge in [-0.1, -0.05) is 29.3 Å². The molecule has 0 bridgehead atoms. The first kappa shape index (κ1) is 21.9. The molecule has 0 aromatic heterocycles. The van der Waals surface area contributed by atoms with E-state index in [2.05, 4.69) is 0 Å². The van der Waals surface area contributed by atoms with Crippen LogP contribution < -0.4 is 9.64 Å². The highest BCUT2D eigenvalue weighted by Gasteiger charge is 2.24. The molecule has 1 aliphatic heterocycles. The minimum Gasteiger partial charge on any atom is -0.497 e. The number of hydrogen-bond acceptors (Lipinski definition) is 4. The molecule has 5 nitrogen and oxygen atoms in total. The highest BCUT2D eigenvalue weighted by molar-refractivity contribution is 6.42. The van der Waals surface area contributed by atoms with Gasteiger partial charge in [-0.3, -0.25) is 9.69 Å². The van der Waals surface area contributed by atoms with E-state index in [1.807, 2.05) is 40.1 Å². The zero-order valence-corrected chi connectivity index (χ0v) is 18.0. The maximum atomic E-state index is 13.1. The largest absolute Gasteiger partial charge is 0.497 e. The van der Waals surface area contributed by atoms with Crippen molar-refractivity contribution in [1.29, 1.82) is 0 Å². The summed E-state index contributed by atoms with van der Waals surface area (Å²) >= 11 is 12.1. The van der Waals surface area contributed by atoms with E-state index in [-0.39, 0.29) is 19.1 Å². The number of fused-ring (bicyclic) bond motifs is 1. The quantitative estimate of drug-likeness (QED) is 0.674. The molecule has 0 spiro atoms. The maximum absolute atomic E-state index is 13.1. The number of carbonyl (C=O) groups excluding carboxylic acids is 1. The maximum Gasteiger partial charge on any atom is 0.241 e. The number of aryl methyl sites for hydroxylation is 1. The number of ether oxygens (including phenoxy) is 1. The number of hydrogen-bond donors (Lipinski definition) is 1. The molecule has 2 aromatic rings. The molecule has 1 N–H and O–H groups in total. The van der Waals surface area contributed by atoms with Crippen molar-refractivity contribution in [2.45, 2.75) is 25.8 Å². The van der Waals surface area contributed by atoms with Gasteiger partial charge in [0, 0.05) is 31.9 Å². The van der Waals surface area contributed by atoms with Gasteiger partial charge in [-0.2, -0.15) is 0 Å². The fourth-order valence-electron chi connectivity index (χ4n) is 3.64. The lowest BCUT2D eigenvalue weighted by atomic mass is 10.0. The molecule has 156 valence electrons.